The molecular formula is C16H24N2O2. The van der Waals surface area contributed by atoms with Gasteiger partial charge in [-0.25, -0.2) is 0 Å². The summed E-state index contributed by atoms with van der Waals surface area (Å²) in [5.41, 5.74) is 2.13. The quantitative estimate of drug-likeness (QED) is 0.832. The van der Waals surface area contributed by atoms with Crippen LogP contribution >= 0.6 is 0 Å². The second-order valence-electron chi connectivity index (χ2n) is 5.79. The molecule has 2 amide bonds. The molecule has 4 nitrogen and oxygen atoms in total. The van der Waals surface area contributed by atoms with E-state index in [9.17, 15) is 9.59 Å². The van der Waals surface area contributed by atoms with Crippen LogP contribution in [0.1, 0.15) is 38.8 Å². The fourth-order valence-electron chi connectivity index (χ4n) is 2.24. The molecule has 110 valence electrons. The summed E-state index contributed by atoms with van der Waals surface area (Å²) in [6.07, 6.45) is 1.62. The molecule has 0 saturated carbocycles. The average Bonchev–Trinajstić information content (AvgIpc) is 2.28. The first kappa shape index (κ1) is 16.2. The largest absolute Gasteiger partial charge is 0.356 e. The van der Waals surface area contributed by atoms with Gasteiger partial charge < -0.3 is 10.6 Å². The van der Waals surface area contributed by atoms with Crippen molar-refractivity contribution in [1.29, 1.82) is 0 Å². The monoisotopic (exact) mass is 276 g/mol. The molecule has 0 aliphatic heterocycles. The van der Waals surface area contributed by atoms with Gasteiger partial charge in [0.05, 0.1) is 0 Å². The summed E-state index contributed by atoms with van der Waals surface area (Å²) in [6.45, 7) is 7.74. The zero-order chi connectivity index (χ0) is 15.2. The summed E-state index contributed by atoms with van der Waals surface area (Å²) < 4.78 is 0. The van der Waals surface area contributed by atoms with Crippen molar-refractivity contribution >= 4 is 11.8 Å². The number of carbonyl (C=O) groups is 2. The number of carbonyl (C=O) groups excluding carboxylic acids is 2. The van der Waals surface area contributed by atoms with Gasteiger partial charge in [-0.3, -0.25) is 9.59 Å². The van der Waals surface area contributed by atoms with Crippen molar-refractivity contribution in [3.05, 3.63) is 35.4 Å². The van der Waals surface area contributed by atoms with E-state index in [1.54, 1.807) is 0 Å². The summed E-state index contributed by atoms with van der Waals surface area (Å²) in [6, 6.07) is 8.29. The van der Waals surface area contributed by atoms with Crippen molar-refractivity contribution < 1.29 is 9.59 Å². The Hall–Kier alpha value is -1.84. The van der Waals surface area contributed by atoms with Gasteiger partial charge in [0.25, 0.3) is 0 Å². The Morgan fingerprint density at radius 2 is 1.55 bits per heavy atom. The van der Waals surface area contributed by atoms with Crippen molar-refractivity contribution in [1.82, 2.24) is 10.6 Å². The molecule has 4 heteroatoms. The molecule has 0 fully saturated rings. The molecule has 0 aromatic heterocycles. The van der Waals surface area contributed by atoms with Gasteiger partial charge in [-0.1, -0.05) is 24.3 Å². The SMILES string of the molecule is CC(=O)NCCc1ccc(CC(C)(C)NC(C)=O)cc1. The van der Waals surface area contributed by atoms with Crippen molar-refractivity contribution in [2.75, 3.05) is 6.54 Å². The van der Waals surface area contributed by atoms with Crippen molar-refractivity contribution in [3.8, 4) is 0 Å². The van der Waals surface area contributed by atoms with Crippen LogP contribution in [0.4, 0.5) is 0 Å². The number of hydrogen-bond acceptors (Lipinski definition) is 2. The van der Waals surface area contributed by atoms with Crippen LogP contribution in [-0.4, -0.2) is 23.9 Å². The van der Waals surface area contributed by atoms with Crippen LogP contribution < -0.4 is 10.6 Å². The number of amides is 2. The molecule has 0 atom stereocenters. The molecule has 0 aliphatic rings. The lowest BCUT2D eigenvalue weighted by Gasteiger charge is -2.25. The highest BCUT2D eigenvalue weighted by molar-refractivity contribution is 5.73. The molecule has 0 heterocycles. The number of nitrogens with one attached hydrogen (secondary N) is 2. The maximum absolute atomic E-state index is 11.1. The molecule has 0 bridgehead atoms. The Morgan fingerprint density at radius 3 is 2.05 bits per heavy atom. The Bertz CT molecular complexity index is 464. The van der Waals surface area contributed by atoms with Crippen molar-refractivity contribution in [2.45, 2.75) is 46.1 Å². The fraction of sp³-hybridized carbons (Fsp3) is 0.500. The van der Waals surface area contributed by atoms with E-state index in [-0.39, 0.29) is 17.4 Å². The minimum Gasteiger partial charge on any atom is -0.356 e. The second-order valence-corrected chi connectivity index (χ2v) is 5.79. The number of benzene rings is 1. The minimum absolute atomic E-state index is 0.00123. The molecule has 2 N–H and O–H groups in total. The van der Waals surface area contributed by atoms with Gasteiger partial charge in [0, 0.05) is 25.9 Å². The molecule has 0 unspecified atom stereocenters. The van der Waals surface area contributed by atoms with E-state index in [0.29, 0.717) is 6.54 Å². The molecule has 20 heavy (non-hydrogen) atoms. The Kier molecular flexibility index (Phi) is 5.74. The number of hydrogen-bond donors (Lipinski definition) is 2. The summed E-state index contributed by atoms with van der Waals surface area (Å²) in [5.74, 6) is -0.0133. The van der Waals surface area contributed by atoms with Gasteiger partial charge >= 0.3 is 0 Å². The first-order valence-electron chi connectivity index (χ1n) is 6.89. The Balaban J connectivity index is 2.53. The van der Waals surface area contributed by atoms with Gasteiger partial charge in [0.1, 0.15) is 0 Å². The zero-order valence-corrected chi connectivity index (χ0v) is 12.7. The molecular weight excluding hydrogens is 252 g/mol. The highest BCUT2D eigenvalue weighted by Gasteiger charge is 2.18. The predicted octanol–water partition coefficient (Wildman–Crippen LogP) is 1.82. The molecule has 0 spiro atoms. The van der Waals surface area contributed by atoms with Crippen LogP contribution in [0.3, 0.4) is 0 Å². The van der Waals surface area contributed by atoms with Gasteiger partial charge in [0.2, 0.25) is 11.8 Å². The maximum atomic E-state index is 11.1. The van der Waals surface area contributed by atoms with Crippen LogP contribution in [-0.2, 0) is 22.4 Å². The van der Waals surface area contributed by atoms with Crippen molar-refractivity contribution in [2.24, 2.45) is 0 Å². The van der Waals surface area contributed by atoms with E-state index in [1.165, 1.54) is 25.0 Å². The lowest BCUT2D eigenvalue weighted by Crippen LogP contribution is -2.43. The summed E-state index contributed by atoms with van der Waals surface area (Å²) in [7, 11) is 0. The molecule has 0 aliphatic carbocycles. The van der Waals surface area contributed by atoms with Gasteiger partial charge in [0.15, 0.2) is 0 Å². The lowest BCUT2D eigenvalue weighted by atomic mass is 9.94. The summed E-state index contributed by atoms with van der Waals surface area (Å²) in [5, 5.41) is 5.72. The average molecular weight is 276 g/mol. The lowest BCUT2D eigenvalue weighted by molar-refractivity contribution is -0.120. The second kappa shape index (κ2) is 7.08. The zero-order valence-electron chi connectivity index (χ0n) is 12.7. The van der Waals surface area contributed by atoms with E-state index in [1.807, 2.05) is 13.8 Å². The molecule has 1 aromatic carbocycles. The Labute approximate surface area is 121 Å². The standard InChI is InChI=1S/C16H24N2O2/c1-12(19)17-10-9-14-5-7-15(8-6-14)11-16(3,4)18-13(2)20/h5-8H,9-11H2,1-4H3,(H,17,19)(H,18,20). The van der Waals surface area contributed by atoms with Crippen LogP contribution in [0.5, 0.6) is 0 Å². The predicted molar refractivity (Wildman–Crippen MR) is 80.4 cm³/mol. The van der Waals surface area contributed by atoms with E-state index in [0.717, 1.165) is 12.8 Å². The molecule has 1 rings (SSSR count). The van der Waals surface area contributed by atoms with Gasteiger partial charge in [-0.15, -0.1) is 0 Å². The summed E-state index contributed by atoms with van der Waals surface area (Å²) in [4.78, 5) is 21.9. The molecule has 0 saturated heterocycles. The van der Waals surface area contributed by atoms with Crippen LogP contribution in [0.15, 0.2) is 24.3 Å². The maximum Gasteiger partial charge on any atom is 0.217 e. The van der Waals surface area contributed by atoms with Crippen LogP contribution in [0, 0.1) is 0 Å². The first-order chi connectivity index (χ1) is 9.28. The van der Waals surface area contributed by atoms with E-state index in [2.05, 4.69) is 34.9 Å². The minimum atomic E-state index is -0.246. The van der Waals surface area contributed by atoms with E-state index < -0.39 is 0 Å². The third kappa shape index (κ3) is 6.36. The smallest absolute Gasteiger partial charge is 0.217 e. The first-order valence-corrected chi connectivity index (χ1v) is 6.89. The highest BCUT2D eigenvalue weighted by atomic mass is 16.2. The van der Waals surface area contributed by atoms with Crippen LogP contribution in [0.25, 0.3) is 0 Å². The molecule has 1 aromatic rings. The van der Waals surface area contributed by atoms with Gasteiger partial charge in [-0.05, 0) is 37.8 Å². The van der Waals surface area contributed by atoms with E-state index in [4.69, 9.17) is 0 Å². The highest BCUT2D eigenvalue weighted by Crippen LogP contribution is 2.14. The van der Waals surface area contributed by atoms with Crippen molar-refractivity contribution in [3.63, 3.8) is 0 Å². The topological polar surface area (TPSA) is 58.2 Å². The third-order valence-electron chi connectivity index (χ3n) is 2.97. The van der Waals surface area contributed by atoms with E-state index >= 15 is 0 Å². The third-order valence-corrected chi connectivity index (χ3v) is 2.97. The van der Waals surface area contributed by atoms with Gasteiger partial charge in [-0.2, -0.15) is 0 Å². The van der Waals surface area contributed by atoms with Crippen LogP contribution in [0.2, 0.25) is 0 Å². The number of rotatable bonds is 6. The molecule has 0 radical (unpaired) electrons. The summed E-state index contributed by atoms with van der Waals surface area (Å²) >= 11 is 0. The normalized spacial score (nSPS) is 11.0. The Morgan fingerprint density at radius 1 is 1.00 bits per heavy atom. The fourth-order valence-corrected chi connectivity index (χ4v) is 2.24.